The summed E-state index contributed by atoms with van der Waals surface area (Å²) < 4.78 is 5.60. The highest BCUT2D eigenvalue weighted by Crippen LogP contribution is 2.26. The number of amides is 2. The van der Waals surface area contributed by atoms with Crippen molar-refractivity contribution in [2.45, 2.75) is 26.4 Å². The quantitative estimate of drug-likeness (QED) is 0.778. The van der Waals surface area contributed by atoms with E-state index in [1.165, 1.54) is 11.8 Å². The van der Waals surface area contributed by atoms with Crippen molar-refractivity contribution in [3.8, 4) is 0 Å². The number of hydrogen-bond acceptors (Lipinski definition) is 5. The van der Waals surface area contributed by atoms with Crippen molar-refractivity contribution < 1.29 is 14.0 Å². The van der Waals surface area contributed by atoms with Crippen LogP contribution in [-0.4, -0.2) is 54.9 Å². The van der Waals surface area contributed by atoms with Crippen molar-refractivity contribution in [3.05, 3.63) is 23.7 Å². The third-order valence-corrected chi connectivity index (χ3v) is 4.96. The molecule has 2 atom stereocenters. The second-order valence-electron chi connectivity index (χ2n) is 6.55. The molecule has 0 bridgehead atoms. The van der Waals surface area contributed by atoms with Gasteiger partial charge in [0.25, 0.3) is 5.91 Å². The highest BCUT2D eigenvalue weighted by molar-refractivity contribution is 7.99. The second-order valence-corrected chi connectivity index (χ2v) is 7.42. The van der Waals surface area contributed by atoms with E-state index in [4.69, 9.17) is 4.42 Å². The molecule has 1 aliphatic rings. The summed E-state index contributed by atoms with van der Waals surface area (Å²) >= 11 is 1.54. The minimum Gasteiger partial charge on any atom is -0.455 e. The van der Waals surface area contributed by atoms with Gasteiger partial charge in [-0.05, 0) is 30.2 Å². The van der Waals surface area contributed by atoms with E-state index in [-0.39, 0.29) is 17.9 Å². The molecule has 0 aromatic carbocycles. The number of hydrogen-bond donors (Lipinski definition) is 2. The van der Waals surface area contributed by atoms with E-state index in [1.54, 1.807) is 13.1 Å². The number of rotatable bonds is 7. The largest absolute Gasteiger partial charge is 0.455 e. The van der Waals surface area contributed by atoms with Gasteiger partial charge in [0.05, 0.1) is 12.3 Å². The smallest absolute Gasteiger partial charge is 0.286 e. The lowest BCUT2D eigenvalue weighted by molar-refractivity contribution is -0.119. The maximum atomic E-state index is 11.9. The van der Waals surface area contributed by atoms with E-state index >= 15 is 0 Å². The Bertz CT molecular complexity index is 573. The van der Waals surface area contributed by atoms with Gasteiger partial charge in [0, 0.05) is 26.2 Å². The number of carbonyl (C=O) groups is 2. The van der Waals surface area contributed by atoms with Gasteiger partial charge in [-0.2, -0.15) is 11.8 Å². The van der Waals surface area contributed by atoms with Crippen molar-refractivity contribution in [2.24, 2.45) is 11.8 Å². The Morgan fingerprint density at radius 1 is 1.38 bits per heavy atom. The molecule has 2 rings (SSSR count). The Labute approximate surface area is 147 Å². The minimum absolute atomic E-state index is 0.0971. The molecule has 1 saturated heterocycles. The van der Waals surface area contributed by atoms with E-state index in [0.717, 1.165) is 18.8 Å². The van der Waals surface area contributed by atoms with Gasteiger partial charge in [-0.1, -0.05) is 13.8 Å². The lowest BCUT2D eigenvalue weighted by Gasteiger charge is -2.22. The molecule has 2 heterocycles. The second kappa shape index (κ2) is 8.58. The molecule has 24 heavy (non-hydrogen) atoms. The molecule has 1 aliphatic heterocycles. The zero-order chi connectivity index (χ0) is 17.7. The Kier molecular flexibility index (Phi) is 6.74. The van der Waals surface area contributed by atoms with Gasteiger partial charge in [-0.3, -0.25) is 14.5 Å². The van der Waals surface area contributed by atoms with Crippen LogP contribution in [0.1, 0.15) is 30.2 Å². The molecule has 134 valence electrons. The summed E-state index contributed by atoms with van der Waals surface area (Å²) in [6, 6.07) is 3.70. The minimum atomic E-state index is -0.218. The topological polar surface area (TPSA) is 74.6 Å². The van der Waals surface area contributed by atoms with Crippen molar-refractivity contribution in [2.75, 3.05) is 32.1 Å². The Hall–Kier alpha value is -1.47. The zero-order valence-electron chi connectivity index (χ0n) is 14.8. The number of carbonyl (C=O) groups excluding carboxylic acids is 2. The first-order valence-corrected chi connectivity index (χ1v) is 9.65. The summed E-state index contributed by atoms with van der Waals surface area (Å²) in [6.07, 6.45) is 1.93. The van der Waals surface area contributed by atoms with Gasteiger partial charge < -0.3 is 15.1 Å². The normalized spacial score (nSPS) is 21.2. The fourth-order valence-electron chi connectivity index (χ4n) is 3.18. The first-order chi connectivity index (χ1) is 11.4. The molecule has 2 N–H and O–H groups in total. The lowest BCUT2D eigenvalue weighted by Crippen LogP contribution is -2.42. The molecule has 1 aromatic rings. The van der Waals surface area contributed by atoms with Gasteiger partial charge in [0.1, 0.15) is 5.76 Å². The van der Waals surface area contributed by atoms with Crippen LogP contribution in [0.25, 0.3) is 0 Å². The summed E-state index contributed by atoms with van der Waals surface area (Å²) in [4.78, 5) is 25.8. The van der Waals surface area contributed by atoms with Crippen LogP contribution in [0.3, 0.4) is 0 Å². The van der Waals surface area contributed by atoms with Crippen LogP contribution in [-0.2, 0) is 11.3 Å². The number of thioether (sulfide) groups is 1. The highest BCUT2D eigenvalue weighted by Gasteiger charge is 2.35. The van der Waals surface area contributed by atoms with Crippen LogP contribution in [0.4, 0.5) is 0 Å². The number of likely N-dealkylation sites (tertiary alicyclic amines) is 1. The predicted octanol–water partition coefficient (Wildman–Crippen LogP) is 1.57. The van der Waals surface area contributed by atoms with Gasteiger partial charge in [-0.25, -0.2) is 0 Å². The van der Waals surface area contributed by atoms with E-state index < -0.39 is 0 Å². The van der Waals surface area contributed by atoms with E-state index in [1.807, 2.05) is 12.3 Å². The van der Waals surface area contributed by atoms with Crippen LogP contribution < -0.4 is 10.6 Å². The van der Waals surface area contributed by atoms with Crippen LogP contribution >= 0.6 is 11.8 Å². The molecule has 7 heteroatoms. The standard InChI is InChI=1S/C17H27N3O3S/c1-11(2)13-8-20(9-14(13)19-16(21)10-24-4)7-12-5-6-15(23-12)17(22)18-3/h5-6,11,13-14H,7-10H2,1-4H3,(H,18,22)(H,19,21)/t13-,14+/m1/s1. The molecule has 6 nitrogen and oxygen atoms in total. The van der Waals surface area contributed by atoms with E-state index in [0.29, 0.717) is 29.9 Å². The summed E-state index contributed by atoms with van der Waals surface area (Å²) in [7, 11) is 1.58. The van der Waals surface area contributed by atoms with Crippen LogP contribution in [0.15, 0.2) is 16.5 Å². The third kappa shape index (κ3) is 4.77. The summed E-state index contributed by atoms with van der Waals surface area (Å²) in [5.74, 6) is 2.39. The summed E-state index contributed by atoms with van der Waals surface area (Å²) in [5.41, 5.74) is 0. The fraction of sp³-hybridized carbons (Fsp3) is 0.647. The van der Waals surface area contributed by atoms with Crippen molar-refractivity contribution in [1.29, 1.82) is 0 Å². The van der Waals surface area contributed by atoms with Crippen molar-refractivity contribution in [1.82, 2.24) is 15.5 Å². The maximum absolute atomic E-state index is 11.9. The average molecular weight is 353 g/mol. The number of nitrogens with zero attached hydrogens (tertiary/aromatic N) is 1. The third-order valence-electron chi connectivity index (χ3n) is 4.41. The van der Waals surface area contributed by atoms with Gasteiger partial charge in [0.2, 0.25) is 5.91 Å². The molecule has 0 radical (unpaired) electrons. The molecular formula is C17H27N3O3S. The van der Waals surface area contributed by atoms with Crippen LogP contribution in [0.5, 0.6) is 0 Å². The molecule has 0 aliphatic carbocycles. The van der Waals surface area contributed by atoms with E-state index in [2.05, 4.69) is 29.4 Å². The number of furan rings is 1. The SMILES string of the molecule is CNC(=O)c1ccc(CN2C[C@H](NC(=O)CSC)[C@@H](C(C)C)C2)o1. The monoisotopic (exact) mass is 353 g/mol. The van der Waals surface area contributed by atoms with E-state index in [9.17, 15) is 9.59 Å². The molecule has 1 aromatic heterocycles. The van der Waals surface area contributed by atoms with Crippen LogP contribution in [0.2, 0.25) is 0 Å². The van der Waals surface area contributed by atoms with Crippen molar-refractivity contribution in [3.63, 3.8) is 0 Å². The van der Waals surface area contributed by atoms with Gasteiger partial charge >= 0.3 is 0 Å². The first kappa shape index (κ1) is 18.9. The maximum Gasteiger partial charge on any atom is 0.286 e. The molecule has 1 fully saturated rings. The highest BCUT2D eigenvalue weighted by atomic mass is 32.2. The van der Waals surface area contributed by atoms with Gasteiger partial charge in [-0.15, -0.1) is 0 Å². The first-order valence-electron chi connectivity index (χ1n) is 8.26. The fourth-order valence-corrected chi connectivity index (χ4v) is 3.52. The van der Waals surface area contributed by atoms with Crippen molar-refractivity contribution >= 4 is 23.6 Å². The summed E-state index contributed by atoms with van der Waals surface area (Å²) in [5, 5.41) is 5.72. The van der Waals surface area contributed by atoms with Gasteiger partial charge in [0.15, 0.2) is 5.76 Å². The molecule has 0 spiro atoms. The Morgan fingerprint density at radius 2 is 2.12 bits per heavy atom. The van der Waals surface area contributed by atoms with Crippen LogP contribution in [0, 0.1) is 11.8 Å². The summed E-state index contributed by atoms with van der Waals surface area (Å²) in [6.45, 7) is 6.75. The average Bonchev–Trinajstić information content (AvgIpc) is 3.14. The molecular weight excluding hydrogens is 326 g/mol. The zero-order valence-corrected chi connectivity index (χ0v) is 15.6. The lowest BCUT2D eigenvalue weighted by atomic mass is 9.91. The Morgan fingerprint density at radius 3 is 2.75 bits per heavy atom. The number of nitrogens with one attached hydrogen (secondary N) is 2. The molecule has 0 unspecified atom stereocenters. The predicted molar refractivity (Wildman–Crippen MR) is 96.0 cm³/mol. The molecule has 2 amide bonds. The Balaban J connectivity index is 1.98. The molecule has 0 saturated carbocycles.